The van der Waals surface area contributed by atoms with E-state index in [4.69, 9.17) is 0 Å². The van der Waals surface area contributed by atoms with Gasteiger partial charge in [0.15, 0.2) is 0 Å². The van der Waals surface area contributed by atoms with Crippen LogP contribution >= 0.6 is 0 Å². The maximum atomic E-state index is 13.2. The predicted octanol–water partition coefficient (Wildman–Crippen LogP) is 4.39. The van der Waals surface area contributed by atoms with Crippen molar-refractivity contribution >= 4 is 17.4 Å². The molecule has 0 fully saturated rings. The van der Waals surface area contributed by atoms with E-state index in [1.165, 1.54) is 12.1 Å². The number of anilines is 2. The van der Waals surface area contributed by atoms with E-state index in [0.29, 0.717) is 11.4 Å². The lowest BCUT2D eigenvalue weighted by molar-refractivity contribution is 0.262. The van der Waals surface area contributed by atoms with Crippen molar-refractivity contribution in [3.05, 3.63) is 58.9 Å². The zero-order chi connectivity index (χ0) is 14.7. The smallest absolute Gasteiger partial charge is 0.308 e. The van der Waals surface area contributed by atoms with Crippen LogP contribution < -0.4 is 10.6 Å². The highest BCUT2D eigenvalue weighted by atomic mass is 19.1. The highest BCUT2D eigenvalue weighted by Crippen LogP contribution is 2.17. The molecule has 0 saturated heterocycles. The summed E-state index contributed by atoms with van der Waals surface area (Å²) in [5.41, 5.74) is 4.24. The van der Waals surface area contributed by atoms with E-state index in [9.17, 15) is 9.18 Å². The summed E-state index contributed by atoms with van der Waals surface area (Å²) in [6.45, 7) is 5.80. The molecule has 0 aromatic heterocycles. The fourth-order valence-corrected chi connectivity index (χ4v) is 1.83. The Labute approximate surface area is 117 Å². The molecule has 0 bridgehead atoms. The Hall–Kier alpha value is -2.36. The van der Waals surface area contributed by atoms with Gasteiger partial charge in [0.25, 0.3) is 0 Å². The molecule has 0 spiro atoms. The first-order chi connectivity index (χ1) is 9.45. The van der Waals surface area contributed by atoms with Gasteiger partial charge in [0.05, 0.1) is 0 Å². The lowest BCUT2D eigenvalue weighted by Crippen LogP contribution is -2.20. The third kappa shape index (κ3) is 3.35. The first-order valence-electron chi connectivity index (χ1n) is 6.37. The number of carbonyl (C=O) groups is 1. The Kier molecular flexibility index (Phi) is 4.03. The van der Waals surface area contributed by atoms with E-state index in [1.807, 2.05) is 39.0 Å². The molecule has 2 aromatic rings. The van der Waals surface area contributed by atoms with E-state index in [0.717, 1.165) is 16.7 Å². The van der Waals surface area contributed by atoms with E-state index >= 15 is 0 Å². The normalized spacial score (nSPS) is 10.2. The second-order valence-corrected chi connectivity index (χ2v) is 4.84. The molecule has 3 nitrogen and oxygen atoms in total. The Morgan fingerprint density at radius 2 is 1.60 bits per heavy atom. The summed E-state index contributed by atoms with van der Waals surface area (Å²) in [6.07, 6.45) is 0. The second kappa shape index (κ2) is 5.74. The average Bonchev–Trinajstić information content (AvgIpc) is 2.38. The number of hydrogen-bond acceptors (Lipinski definition) is 1. The highest BCUT2D eigenvalue weighted by Gasteiger charge is 2.06. The van der Waals surface area contributed by atoms with Crippen LogP contribution in [0.3, 0.4) is 0 Å². The average molecular weight is 272 g/mol. The van der Waals surface area contributed by atoms with E-state index in [1.54, 1.807) is 6.07 Å². The van der Waals surface area contributed by atoms with Crippen molar-refractivity contribution in [1.29, 1.82) is 0 Å². The minimum Gasteiger partial charge on any atom is -0.308 e. The molecule has 0 radical (unpaired) electrons. The molecule has 0 atom stereocenters. The van der Waals surface area contributed by atoms with Crippen LogP contribution in [0, 0.1) is 26.6 Å². The van der Waals surface area contributed by atoms with E-state index in [-0.39, 0.29) is 11.8 Å². The van der Waals surface area contributed by atoms with Crippen molar-refractivity contribution in [2.75, 3.05) is 10.6 Å². The number of hydrogen-bond donors (Lipinski definition) is 2. The van der Waals surface area contributed by atoms with Gasteiger partial charge in [0, 0.05) is 11.4 Å². The lowest BCUT2D eigenvalue weighted by atomic mass is 10.1. The molecular formula is C16H17FN2O. The van der Waals surface area contributed by atoms with Crippen molar-refractivity contribution < 1.29 is 9.18 Å². The van der Waals surface area contributed by atoms with Crippen LogP contribution in [0.1, 0.15) is 16.7 Å². The van der Waals surface area contributed by atoms with Gasteiger partial charge in [-0.15, -0.1) is 0 Å². The minimum absolute atomic E-state index is 0.378. The first-order valence-corrected chi connectivity index (χ1v) is 6.37. The topological polar surface area (TPSA) is 41.1 Å². The molecule has 0 saturated carbocycles. The van der Waals surface area contributed by atoms with E-state index < -0.39 is 0 Å². The fraction of sp³-hybridized carbons (Fsp3) is 0.188. The van der Waals surface area contributed by atoms with Gasteiger partial charge >= 0.3 is 6.03 Å². The molecule has 0 aliphatic carbocycles. The van der Waals surface area contributed by atoms with Crippen LogP contribution in [0.15, 0.2) is 36.4 Å². The molecule has 0 unspecified atom stereocenters. The molecule has 0 heterocycles. The molecule has 2 aromatic carbocycles. The Bertz CT molecular complexity index is 653. The Morgan fingerprint density at radius 3 is 2.30 bits per heavy atom. The number of nitrogens with one attached hydrogen (secondary N) is 2. The highest BCUT2D eigenvalue weighted by molar-refractivity contribution is 6.00. The predicted molar refractivity (Wildman–Crippen MR) is 79.7 cm³/mol. The zero-order valence-corrected chi connectivity index (χ0v) is 11.8. The third-order valence-corrected chi connectivity index (χ3v) is 3.21. The number of benzene rings is 2. The number of urea groups is 1. The van der Waals surface area contributed by atoms with Gasteiger partial charge in [-0.1, -0.05) is 12.1 Å². The number of aryl methyl sites for hydroxylation is 3. The van der Waals surface area contributed by atoms with Gasteiger partial charge in [0.1, 0.15) is 5.82 Å². The van der Waals surface area contributed by atoms with Crippen molar-refractivity contribution in [2.24, 2.45) is 0 Å². The van der Waals surface area contributed by atoms with Crippen LogP contribution in [0.5, 0.6) is 0 Å². The molecule has 4 heteroatoms. The van der Waals surface area contributed by atoms with Crippen LogP contribution in [0.25, 0.3) is 0 Å². The maximum absolute atomic E-state index is 13.2. The third-order valence-electron chi connectivity index (χ3n) is 3.21. The molecule has 20 heavy (non-hydrogen) atoms. The minimum atomic E-state index is -0.387. The number of amides is 2. The molecule has 2 rings (SSSR count). The summed E-state index contributed by atoms with van der Waals surface area (Å²) >= 11 is 0. The zero-order valence-electron chi connectivity index (χ0n) is 11.8. The SMILES string of the molecule is Cc1ccc(NC(=O)Nc2cc(F)ccc2C)cc1C. The summed E-state index contributed by atoms with van der Waals surface area (Å²) in [4.78, 5) is 11.9. The largest absolute Gasteiger partial charge is 0.323 e. The van der Waals surface area contributed by atoms with Crippen LogP contribution in [-0.2, 0) is 0 Å². The molecule has 104 valence electrons. The number of carbonyl (C=O) groups excluding carboxylic acids is 1. The van der Waals surface area contributed by atoms with Gasteiger partial charge in [-0.3, -0.25) is 0 Å². The van der Waals surface area contributed by atoms with Gasteiger partial charge in [-0.25, -0.2) is 9.18 Å². The fourth-order valence-electron chi connectivity index (χ4n) is 1.83. The summed E-state index contributed by atoms with van der Waals surface area (Å²) in [7, 11) is 0. The van der Waals surface area contributed by atoms with Crippen LogP contribution in [-0.4, -0.2) is 6.03 Å². The van der Waals surface area contributed by atoms with Crippen molar-refractivity contribution in [3.8, 4) is 0 Å². The lowest BCUT2D eigenvalue weighted by Gasteiger charge is -2.11. The molecule has 0 aliphatic heterocycles. The van der Waals surface area contributed by atoms with Gasteiger partial charge in [-0.2, -0.15) is 0 Å². The monoisotopic (exact) mass is 272 g/mol. The van der Waals surface area contributed by atoms with Gasteiger partial charge in [0.2, 0.25) is 0 Å². The number of halogens is 1. The van der Waals surface area contributed by atoms with Crippen molar-refractivity contribution in [3.63, 3.8) is 0 Å². The number of rotatable bonds is 2. The quantitative estimate of drug-likeness (QED) is 0.836. The molecule has 0 aliphatic rings. The molecule has 2 amide bonds. The summed E-state index contributed by atoms with van der Waals surface area (Å²) in [6, 6.07) is 9.58. The van der Waals surface area contributed by atoms with Gasteiger partial charge in [-0.05, 0) is 61.7 Å². The Morgan fingerprint density at radius 1 is 0.900 bits per heavy atom. The van der Waals surface area contributed by atoms with Gasteiger partial charge < -0.3 is 10.6 Å². The first kappa shape index (κ1) is 14.1. The van der Waals surface area contributed by atoms with Crippen molar-refractivity contribution in [1.82, 2.24) is 0 Å². The summed E-state index contributed by atoms with van der Waals surface area (Å²) < 4.78 is 13.2. The van der Waals surface area contributed by atoms with E-state index in [2.05, 4.69) is 10.6 Å². The summed E-state index contributed by atoms with van der Waals surface area (Å²) in [5.74, 6) is -0.378. The molecule has 2 N–H and O–H groups in total. The van der Waals surface area contributed by atoms with Crippen molar-refractivity contribution in [2.45, 2.75) is 20.8 Å². The maximum Gasteiger partial charge on any atom is 0.323 e. The summed E-state index contributed by atoms with van der Waals surface area (Å²) in [5, 5.41) is 5.38. The molecular weight excluding hydrogens is 255 g/mol. The Balaban J connectivity index is 2.09. The standard InChI is InChI=1S/C16H17FN2O/c1-10-5-7-14(8-12(10)3)18-16(20)19-15-9-13(17)6-4-11(15)2/h4-9H,1-3H3,(H2,18,19,20). The van der Waals surface area contributed by atoms with Crippen LogP contribution in [0.2, 0.25) is 0 Å². The van der Waals surface area contributed by atoms with Crippen LogP contribution in [0.4, 0.5) is 20.6 Å². The second-order valence-electron chi connectivity index (χ2n) is 4.84.